The summed E-state index contributed by atoms with van der Waals surface area (Å²) in [6.45, 7) is 3.12. The number of carbonyl (C=O) groups excluding carboxylic acids is 1. The molecule has 7 heteroatoms. The van der Waals surface area contributed by atoms with Gasteiger partial charge < -0.3 is 4.74 Å². The highest BCUT2D eigenvalue weighted by Crippen LogP contribution is 2.33. The fourth-order valence-corrected chi connectivity index (χ4v) is 1.93. The molecule has 0 amide bonds. The lowest BCUT2D eigenvalue weighted by molar-refractivity contribution is -0.385. The molecule has 106 valence electrons. The number of rotatable bonds is 5. The van der Waals surface area contributed by atoms with Crippen LogP contribution in [0.15, 0.2) is 18.2 Å². The number of ether oxygens (including phenoxy) is 1. The van der Waals surface area contributed by atoms with Crippen molar-refractivity contribution in [1.82, 2.24) is 0 Å². The molecule has 0 aliphatic rings. The third-order valence-corrected chi connectivity index (χ3v) is 3.15. The highest BCUT2D eigenvalue weighted by molar-refractivity contribution is 6.31. The monoisotopic (exact) mass is 296 g/mol. The van der Waals surface area contributed by atoms with Gasteiger partial charge in [-0.05, 0) is 19.9 Å². The molecule has 0 heterocycles. The third kappa shape index (κ3) is 3.25. The van der Waals surface area contributed by atoms with Gasteiger partial charge in [-0.2, -0.15) is 5.26 Å². The minimum absolute atomic E-state index is 0.126. The quantitative estimate of drug-likeness (QED) is 0.473. The maximum Gasteiger partial charge on any atom is 0.326 e. The third-order valence-electron chi connectivity index (χ3n) is 2.79. The fourth-order valence-electron chi connectivity index (χ4n) is 1.69. The number of hydrogen-bond donors (Lipinski definition) is 0. The number of esters is 1. The summed E-state index contributed by atoms with van der Waals surface area (Å²) in [5.41, 5.74) is -1.59. The zero-order chi connectivity index (χ0) is 15.3. The Morgan fingerprint density at radius 1 is 1.60 bits per heavy atom. The maximum atomic E-state index is 11.8. The lowest BCUT2D eigenvalue weighted by Crippen LogP contribution is -2.31. The SMILES string of the molecule is CCOC(=O)C(C)(C#N)Cc1c(Cl)cccc1[N+](=O)[O-]. The lowest BCUT2D eigenvalue weighted by Gasteiger charge is -2.19. The van der Waals surface area contributed by atoms with Gasteiger partial charge in [0, 0.05) is 12.5 Å². The molecular formula is C13H13ClN2O4. The molecule has 20 heavy (non-hydrogen) atoms. The van der Waals surface area contributed by atoms with Crippen molar-refractivity contribution < 1.29 is 14.5 Å². The highest BCUT2D eigenvalue weighted by Gasteiger charge is 2.38. The van der Waals surface area contributed by atoms with E-state index in [-0.39, 0.29) is 29.3 Å². The van der Waals surface area contributed by atoms with Crippen molar-refractivity contribution in [2.75, 3.05) is 6.61 Å². The molecule has 1 aromatic carbocycles. The van der Waals surface area contributed by atoms with Gasteiger partial charge in [0.15, 0.2) is 5.41 Å². The summed E-state index contributed by atoms with van der Waals surface area (Å²) in [5, 5.41) is 20.3. The normalized spacial score (nSPS) is 13.1. The molecular weight excluding hydrogens is 284 g/mol. The predicted molar refractivity (Wildman–Crippen MR) is 72.2 cm³/mol. The molecule has 0 fully saturated rings. The molecule has 0 spiro atoms. The van der Waals surface area contributed by atoms with Crippen LogP contribution in [0.1, 0.15) is 19.4 Å². The largest absolute Gasteiger partial charge is 0.465 e. The van der Waals surface area contributed by atoms with E-state index < -0.39 is 16.3 Å². The van der Waals surface area contributed by atoms with Gasteiger partial charge in [-0.15, -0.1) is 0 Å². The van der Waals surface area contributed by atoms with E-state index in [0.29, 0.717) is 0 Å². The minimum Gasteiger partial charge on any atom is -0.465 e. The van der Waals surface area contributed by atoms with Crippen molar-refractivity contribution in [3.63, 3.8) is 0 Å². The summed E-state index contributed by atoms with van der Waals surface area (Å²) in [5.74, 6) is -0.725. The summed E-state index contributed by atoms with van der Waals surface area (Å²) in [6.07, 6.45) is -0.182. The van der Waals surface area contributed by atoms with E-state index in [1.165, 1.54) is 25.1 Å². The molecule has 1 unspecified atom stereocenters. The van der Waals surface area contributed by atoms with Crippen molar-refractivity contribution in [3.8, 4) is 6.07 Å². The second-order valence-corrected chi connectivity index (χ2v) is 4.74. The Hall–Kier alpha value is -2.13. The number of carbonyl (C=O) groups is 1. The number of halogens is 1. The predicted octanol–water partition coefficient (Wildman–Crippen LogP) is 2.88. The van der Waals surface area contributed by atoms with Crippen LogP contribution >= 0.6 is 11.6 Å². The molecule has 0 saturated heterocycles. The summed E-state index contributed by atoms with van der Waals surface area (Å²) in [6, 6.07) is 6.05. The van der Waals surface area contributed by atoms with Gasteiger partial charge in [-0.25, -0.2) is 0 Å². The number of nitro groups is 1. The van der Waals surface area contributed by atoms with Crippen LogP contribution in [-0.2, 0) is 16.0 Å². The standard InChI is InChI=1S/C13H13ClN2O4/c1-3-20-12(17)13(2,8-15)7-9-10(14)5-4-6-11(9)16(18)19/h4-6H,3,7H2,1-2H3. The number of nitriles is 1. The lowest BCUT2D eigenvalue weighted by atomic mass is 9.84. The Labute approximate surface area is 121 Å². The Balaban J connectivity index is 3.24. The van der Waals surface area contributed by atoms with E-state index in [9.17, 15) is 20.2 Å². The average Bonchev–Trinajstić information content (AvgIpc) is 2.40. The Bertz CT molecular complexity index is 582. The number of hydrogen-bond acceptors (Lipinski definition) is 5. The molecule has 0 aromatic heterocycles. The molecule has 0 aliphatic carbocycles. The average molecular weight is 297 g/mol. The number of nitrogens with zero attached hydrogens (tertiary/aromatic N) is 2. The molecule has 1 rings (SSSR count). The zero-order valence-electron chi connectivity index (χ0n) is 11.1. The Kier molecular flexibility index (Phi) is 5.06. The second-order valence-electron chi connectivity index (χ2n) is 4.34. The highest BCUT2D eigenvalue weighted by atomic mass is 35.5. The van der Waals surface area contributed by atoms with Crippen molar-refractivity contribution in [3.05, 3.63) is 38.9 Å². The van der Waals surface area contributed by atoms with Crippen LogP contribution in [0.5, 0.6) is 0 Å². The van der Waals surface area contributed by atoms with Crippen LogP contribution in [-0.4, -0.2) is 17.5 Å². The molecule has 1 aromatic rings. The number of nitro benzene ring substituents is 1. The Morgan fingerprint density at radius 2 is 2.25 bits per heavy atom. The zero-order valence-corrected chi connectivity index (χ0v) is 11.8. The van der Waals surface area contributed by atoms with E-state index in [2.05, 4.69) is 0 Å². The topological polar surface area (TPSA) is 93.2 Å². The molecule has 0 aliphatic heterocycles. The minimum atomic E-state index is -1.52. The first-order valence-electron chi connectivity index (χ1n) is 5.86. The van der Waals surface area contributed by atoms with Crippen molar-refractivity contribution in [1.29, 1.82) is 5.26 Å². The summed E-state index contributed by atoms with van der Waals surface area (Å²) >= 11 is 5.95. The van der Waals surface area contributed by atoms with Crippen molar-refractivity contribution >= 4 is 23.3 Å². The first-order chi connectivity index (χ1) is 9.35. The molecule has 0 saturated carbocycles. The van der Waals surface area contributed by atoms with Gasteiger partial charge in [-0.3, -0.25) is 14.9 Å². The van der Waals surface area contributed by atoms with Gasteiger partial charge in [0.25, 0.3) is 5.69 Å². The maximum absolute atomic E-state index is 11.8. The van der Waals surface area contributed by atoms with Crippen LogP contribution in [0.25, 0.3) is 0 Å². The van der Waals surface area contributed by atoms with E-state index in [1.54, 1.807) is 6.92 Å². The van der Waals surface area contributed by atoms with Gasteiger partial charge in [0.1, 0.15) is 0 Å². The van der Waals surface area contributed by atoms with Crippen LogP contribution in [0, 0.1) is 26.9 Å². The molecule has 1 atom stereocenters. The van der Waals surface area contributed by atoms with Crippen molar-refractivity contribution in [2.24, 2.45) is 5.41 Å². The molecule has 0 N–H and O–H groups in total. The Morgan fingerprint density at radius 3 is 2.75 bits per heavy atom. The first-order valence-corrected chi connectivity index (χ1v) is 6.23. The first kappa shape index (κ1) is 15.9. The van der Waals surface area contributed by atoms with Gasteiger partial charge >= 0.3 is 5.97 Å². The molecule has 0 bridgehead atoms. The van der Waals surface area contributed by atoms with Crippen LogP contribution in [0.3, 0.4) is 0 Å². The van der Waals surface area contributed by atoms with Crippen LogP contribution in [0.4, 0.5) is 5.69 Å². The summed E-state index contributed by atoms with van der Waals surface area (Å²) < 4.78 is 4.84. The van der Waals surface area contributed by atoms with E-state index in [1.807, 2.05) is 6.07 Å². The van der Waals surface area contributed by atoms with Gasteiger partial charge in [-0.1, -0.05) is 17.7 Å². The second kappa shape index (κ2) is 6.35. The molecule has 0 radical (unpaired) electrons. The van der Waals surface area contributed by atoms with E-state index in [4.69, 9.17) is 16.3 Å². The van der Waals surface area contributed by atoms with Gasteiger partial charge in [0.2, 0.25) is 0 Å². The van der Waals surface area contributed by atoms with Gasteiger partial charge in [0.05, 0.1) is 28.2 Å². The summed E-state index contributed by atoms with van der Waals surface area (Å²) in [7, 11) is 0. The number of benzene rings is 1. The van der Waals surface area contributed by atoms with E-state index in [0.717, 1.165) is 0 Å². The van der Waals surface area contributed by atoms with Crippen LogP contribution in [0.2, 0.25) is 5.02 Å². The smallest absolute Gasteiger partial charge is 0.326 e. The van der Waals surface area contributed by atoms with E-state index >= 15 is 0 Å². The molecule has 6 nitrogen and oxygen atoms in total. The van der Waals surface area contributed by atoms with Crippen molar-refractivity contribution in [2.45, 2.75) is 20.3 Å². The fraction of sp³-hybridized carbons (Fsp3) is 0.385. The van der Waals surface area contributed by atoms with Crippen LogP contribution < -0.4 is 0 Å². The summed E-state index contributed by atoms with van der Waals surface area (Å²) in [4.78, 5) is 22.2.